The summed E-state index contributed by atoms with van der Waals surface area (Å²) in [6.07, 6.45) is 10.9. The van der Waals surface area contributed by atoms with E-state index in [-0.39, 0.29) is 21.8 Å². The summed E-state index contributed by atoms with van der Waals surface area (Å²) in [6.45, 7) is 11.7. The van der Waals surface area contributed by atoms with E-state index in [0.29, 0.717) is 0 Å². The van der Waals surface area contributed by atoms with E-state index in [1.54, 1.807) is 0 Å². The van der Waals surface area contributed by atoms with Gasteiger partial charge in [0.2, 0.25) is 0 Å². The van der Waals surface area contributed by atoms with Gasteiger partial charge in [0.1, 0.15) is 0 Å². The van der Waals surface area contributed by atoms with Gasteiger partial charge in [-0.2, -0.15) is 0 Å². The fourth-order valence-corrected chi connectivity index (χ4v) is 4.18. The van der Waals surface area contributed by atoms with E-state index in [0.717, 1.165) is 11.8 Å². The summed E-state index contributed by atoms with van der Waals surface area (Å²) in [5.41, 5.74) is 0. The van der Waals surface area contributed by atoms with E-state index in [9.17, 15) is 0 Å². The number of hydrogen-bond donors (Lipinski definition) is 2. The zero-order chi connectivity index (χ0) is 14.3. The molecule has 0 aromatic rings. The first kappa shape index (κ1) is 19.7. The van der Waals surface area contributed by atoms with Crippen molar-refractivity contribution in [1.29, 1.82) is 0 Å². The summed E-state index contributed by atoms with van der Waals surface area (Å²) in [4.78, 5) is 0. The van der Waals surface area contributed by atoms with Crippen LogP contribution in [-0.4, -0.2) is 13.1 Å². The Bertz CT molecular complexity index is 158. The van der Waals surface area contributed by atoms with Crippen molar-refractivity contribution in [2.45, 2.75) is 79.1 Å². The van der Waals surface area contributed by atoms with Crippen molar-refractivity contribution in [3.63, 3.8) is 0 Å². The Balaban J connectivity index is 3.50. The van der Waals surface area contributed by atoms with E-state index in [1.807, 2.05) is 0 Å². The molecule has 0 radical (unpaired) electrons. The molecule has 0 spiro atoms. The number of hydrogen-bond acceptors (Lipinski definition) is 2. The summed E-state index contributed by atoms with van der Waals surface area (Å²) in [5, 5.41) is 0. The van der Waals surface area contributed by atoms with Gasteiger partial charge in [0.25, 0.3) is 0 Å². The quantitative estimate of drug-likeness (QED) is 0.270. The molecule has 0 aliphatic rings. The predicted octanol–water partition coefficient (Wildman–Crippen LogP) is 1.52. The summed E-state index contributed by atoms with van der Waals surface area (Å²) >= 11 is 0.0137. The molecule has 3 heteroatoms. The molecule has 0 heterocycles. The molecule has 0 amide bonds. The van der Waals surface area contributed by atoms with E-state index in [4.69, 9.17) is 0 Å². The van der Waals surface area contributed by atoms with Gasteiger partial charge >= 0.3 is 133 Å². The van der Waals surface area contributed by atoms with Crippen LogP contribution in [0.1, 0.15) is 79.1 Å². The molecule has 0 fully saturated rings. The average molecular weight is 383 g/mol. The van der Waals surface area contributed by atoms with Gasteiger partial charge < -0.3 is 0 Å². The van der Waals surface area contributed by atoms with Crippen molar-refractivity contribution in [3.8, 4) is 0 Å². The van der Waals surface area contributed by atoms with Crippen LogP contribution in [0.15, 0.2) is 0 Å². The van der Waals surface area contributed by atoms with Gasteiger partial charge in [-0.25, -0.2) is 0 Å². The van der Waals surface area contributed by atoms with Crippen LogP contribution in [0.2, 0.25) is 0 Å². The van der Waals surface area contributed by atoms with E-state index < -0.39 is 0 Å². The molecular weight excluding hydrogens is 347 g/mol. The minimum absolute atomic E-state index is 0.0137. The van der Waals surface area contributed by atoms with Crippen molar-refractivity contribution < 1.29 is 21.8 Å². The molecule has 19 heavy (non-hydrogen) atoms. The Hall–Kier alpha value is 0.650. The van der Waals surface area contributed by atoms with Crippen molar-refractivity contribution in [2.24, 2.45) is 11.8 Å². The second-order valence-electron chi connectivity index (χ2n) is 5.60. The van der Waals surface area contributed by atoms with E-state index in [2.05, 4.69) is 34.8 Å². The maximum atomic E-state index is 3.68. The van der Waals surface area contributed by atoms with Crippen LogP contribution in [0.4, 0.5) is 0 Å². The molecule has 2 atom stereocenters. The van der Waals surface area contributed by atoms with Gasteiger partial charge in [0.15, 0.2) is 0 Å². The van der Waals surface area contributed by atoms with Crippen LogP contribution >= 0.6 is 0 Å². The zero-order valence-corrected chi connectivity index (χ0v) is 15.8. The molecule has 0 aromatic heterocycles. The molecule has 2 unspecified atom stereocenters. The first-order valence-corrected chi connectivity index (χ1v) is 10.5. The molecule has 0 aliphatic carbocycles. The van der Waals surface area contributed by atoms with Gasteiger partial charge in [0.05, 0.1) is 0 Å². The van der Waals surface area contributed by atoms with Crippen LogP contribution in [0.3, 0.4) is 0 Å². The Morgan fingerprint density at radius 3 is 1.47 bits per heavy atom. The van der Waals surface area contributed by atoms with Crippen molar-refractivity contribution in [2.75, 3.05) is 13.1 Å². The fraction of sp³-hybridized carbons (Fsp3) is 1.00. The van der Waals surface area contributed by atoms with Crippen LogP contribution in [0.5, 0.6) is 0 Å². The normalized spacial score (nSPS) is 14.7. The SMILES string of the molecule is CCCCC(CC)CN[I-]NCC(CC)CCCC. The third kappa shape index (κ3) is 12.1. The standard InChI is InChI=1S/C16H36IN2/c1-5-9-11-15(7-3)13-18-17-19-14-16(8-4)12-10-6-2/h15-16,18-19H,5-14H2,1-4H3/q-1. The van der Waals surface area contributed by atoms with Gasteiger partial charge in [-0.15, -0.1) is 0 Å². The van der Waals surface area contributed by atoms with E-state index >= 15 is 0 Å². The van der Waals surface area contributed by atoms with Crippen LogP contribution in [0.25, 0.3) is 0 Å². The molecule has 118 valence electrons. The van der Waals surface area contributed by atoms with Gasteiger partial charge in [0, 0.05) is 0 Å². The molecule has 0 saturated heterocycles. The van der Waals surface area contributed by atoms with Crippen molar-refractivity contribution in [1.82, 2.24) is 7.06 Å². The maximum absolute atomic E-state index is 3.68. The second kappa shape index (κ2) is 15.0. The summed E-state index contributed by atoms with van der Waals surface area (Å²) in [6, 6.07) is 0. The van der Waals surface area contributed by atoms with E-state index in [1.165, 1.54) is 64.5 Å². The first-order valence-electron chi connectivity index (χ1n) is 8.36. The molecule has 0 aliphatic heterocycles. The van der Waals surface area contributed by atoms with Crippen molar-refractivity contribution >= 4 is 0 Å². The monoisotopic (exact) mass is 383 g/mol. The number of nitrogens with one attached hydrogen (secondary N) is 2. The molecular formula is C16H36IN2-. The zero-order valence-electron chi connectivity index (χ0n) is 13.6. The molecule has 0 saturated carbocycles. The van der Waals surface area contributed by atoms with Crippen LogP contribution < -0.4 is 28.8 Å². The van der Waals surface area contributed by atoms with Gasteiger partial charge in [-0.3, -0.25) is 0 Å². The first-order chi connectivity index (χ1) is 9.28. The fourth-order valence-electron chi connectivity index (χ4n) is 2.23. The summed E-state index contributed by atoms with van der Waals surface area (Å²) < 4.78 is 7.36. The molecule has 0 bridgehead atoms. The van der Waals surface area contributed by atoms with Crippen molar-refractivity contribution in [3.05, 3.63) is 0 Å². The average Bonchev–Trinajstić information content (AvgIpc) is 2.45. The van der Waals surface area contributed by atoms with Crippen LogP contribution in [-0.2, 0) is 0 Å². The molecule has 0 rings (SSSR count). The second-order valence-corrected chi connectivity index (χ2v) is 7.67. The predicted molar refractivity (Wildman–Crippen MR) is 82.6 cm³/mol. The molecule has 2 N–H and O–H groups in total. The van der Waals surface area contributed by atoms with Gasteiger partial charge in [-0.05, 0) is 0 Å². The summed E-state index contributed by atoms with van der Waals surface area (Å²) in [5.74, 6) is 1.78. The Labute approximate surface area is 132 Å². The third-order valence-electron chi connectivity index (χ3n) is 3.95. The Morgan fingerprint density at radius 1 is 0.737 bits per heavy atom. The number of halogens is 1. The molecule has 2 nitrogen and oxygen atoms in total. The Morgan fingerprint density at radius 2 is 1.16 bits per heavy atom. The van der Waals surface area contributed by atoms with Crippen LogP contribution in [0, 0.1) is 11.8 Å². The van der Waals surface area contributed by atoms with Gasteiger partial charge in [-0.1, -0.05) is 0 Å². The minimum atomic E-state index is 0.0137. The molecule has 0 aromatic carbocycles. The number of unbranched alkanes of at least 4 members (excludes halogenated alkanes) is 2. The topological polar surface area (TPSA) is 24.1 Å². The third-order valence-corrected chi connectivity index (χ3v) is 5.60. The Kier molecular flexibility index (Phi) is 15.6. The summed E-state index contributed by atoms with van der Waals surface area (Å²) in [7, 11) is 0. The number of rotatable bonds is 14.